The van der Waals surface area contributed by atoms with E-state index in [9.17, 15) is 4.79 Å². The van der Waals surface area contributed by atoms with Crippen molar-refractivity contribution in [3.8, 4) is 0 Å². The van der Waals surface area contributed by atoms with Crippen molar-refractivity contribution < 1.29 is 9.53 Å². The van der Waals surface area contributed by atoms with Crippen molar-refractivity contribution in [1.29, 1.82) is 0 Å². The molecule has 0 radical (unpaired) electrons. The summed E-state index contributed by atoms with van der Waals surface area (Å²) in [7, 11) is 0. The van der Waals surface area contributed by atoms with Gasteiger partial charge >= 0.3 is 0 Å². The maximum Gasteiger partial charge on any atom is 0.226 e. The molecule has 5 nitrogen and oxygen atoms in total. The van der Waals surface area contributed by atoms with Crippen molar-refractivity contribution in [3.05, 3.63) is 0 Å². The summed E-state index contributed by atoms with van der Waals surface area (Å²) in [6.45, 7) is 10.3. The second-order valence-corrected chi connectivity index (χ2v) is 7.33. The first-order valence-electron chi connectivity index (χ1n) is 9.02. The van der Waals surface area contributed by atoms with Crippen LogP contribution in [-0.4, -0.2) is 73.2 Å². The highest BCUT2D eigenvalue weighted by molar-refractivity contribution is 5.79. The van der Waals surface area contributed by atoms with Gasteiger partial charge in [-0.2, -0.15) is 0 Å². The van der Waals surface area contributed by atoms with E-state index in [1.165, 1.54) is 0 Å². The third-order valence-electron chi connectivity index (χ3n) is 5.31. The average molecular weight is 309 g/mol. The van der Waals surface area contributed by atoms with Gasteiger partial charge in [0.05, 0.1) is 12.2 Å². The molecule has 3 rings (SSSR count). The molecule has 3 saturated heterocycles. The summed E-state index contributed by atoms with van der Waals surface area (Å²) < 4.78 is 5.82. The Labute approximate surface area is 134 Å². The number of likely N-dealkylation sites (tertiary alicyclic amines) is 1. The number of rotatable bonds is 3. The molecule has 3 aliphatic heterocycles. The number of nitrogens with zero attached hydrogens (tertiary/aromatic N) is 2. The smallest absolute Gasteiger partial charge is 0.226 e. The highest BCUT2D eigenvalue weighted by Crippen LogP contribution is 2.25. The largest absolute Gasteiger partial charge is 0.373 e. The van der Waals surface area contributed by atoms with E-state index in [-0.39, 0.29) is 5.92 Å². The first-order chi connectivity index (χ1) is 10.6. The van der Waals surface area contributed by atoms with Crippen molar-refractivity contribution in [3.63, 3.8) is 0 Å². The zero-order valence-corrected chi connectivity index (χ0v) is 14.1. The van der Waals surface area contributed by atoms with Crippen LogP contribution in [-0.2, 0) is 9.53 Å². The first-order valence-corrected chi connectivity index (χ1v) is 9.02. The minimum Gasteiger partial charge on any atom is -0.373 e. The molecule has 126 valence electrons. The van der Waals surface area contributed by atoms with Gasteiger partial charge in [0.2, 0.25) is 5.91 Å². The van der Waals surface area contributed by atoms with E-state index in [4.69, 9.17) is 4.74 Å². The van der Waals surface area contributed by atoms with Crippen molar-refractivity contribution in [1.82, 2.24) is 15.1 Å². The zero-order valence-electron chi connectivity index (χ0n) is 14.1. The van der Waals surface area contributed by atoms with E-state index >= 15 is 0 Å². The van der Waals surface area contributed by atoms with Crippen LogP contribution in [0.3, 0.4) is 0 Å². The first kappa shape index (κ1) is 16.2. The van der Waals surface area contributed by atoms with Crippen LogP contribution in [0.25, 0.3) is 0 Å². The summed E-state index contributed by atoms with van der Waals surface area (Å²) in [6.07, 6.45) is 4.95. The van der Waals surface area contributed by atoms with Gasteiger partial charge in [-0.1, -0.05) is 0 Å². The van der Waals surface area contributed by atoms with Crippen molar-refractivity contribution >= 4 is 5.91 Å². The average Bonchev–Trinajstić information content (AvgIpc) is 2.94. The summed E-state index contributed by atoms with van der Waals surface area (Å²) >= 11 is 0. The van der Waals surface area contributed by atoms with Gasteiger partial charge in [0.1, 0.15) is 0 Å². The van der Waals surface area contributed by atoms with E-state index in [1.807, 2.05) is 0 Å². The number of piperidine rings is 1. The molecule has 1 amide bonds. The lowest BCUT2D eigenvalue weighted by Crippen LogP contribution is -2.52. The van der Waals surface area contributed by atoms with E-state index in [0.717, 1.165) is 65.0 Å². The van der Waals surface area contributed by atoms with Crippen LogP contribution in [0.5, 0.6) is 0 Å². The molecule has 1 N–H and O–H groups in total. The molecule has 0 aromatic rings. The Morgan fingerprint density at radius 2 is 1.82 bits per heavy atom. The zero-order chi connectivity index (χ0) is 15.5. The Hall–Kier alpha value is -0.650. The molecular formula is C17H31N3O2. The summed E-state index contributed by atoms with van der Waals surface area (Å²) in [5, 5.41) is 3.35. The molecule has 3 aliphatic rings. The summed E-state index contributed by atoms with van der Waals surface area (Å²) in [5.41, 5.74) is 0. The second-order valence-electron chi connectivity index (χ2n) is 7.33. The van der Waals surface area contributed by atoms with Gasteiger partial charge in [0.15, 0.2) is 0 Å². The maximum absolute atomic E-state index is 12.8. The number of amides is 1. The number of nitrogens with one attached hydrogen (secondary N) is 1. The van der Waals surface area contributed by atoms with Crippen LogP contribution in [0.1, 0.15) is 39.5 Å². The van der Waals surface area contributed by atoms with Gasteiger partial charge in [0.25, 0.3) is 0 Å². The molecule has 3 unspecified atom stereocenters. The van der Waals surface area contributed by atoms with Crippen LogP contribution < -0.4 is 5.32 Å². The quantitative estimate of drug-likeness (QED) is 0.847. The fraction of sp³-hybridized carbons (Fsp3) is 0.941. The SMILES string of the molecule is CC1CN(CC2CCCN2C(=O)C2CCNCC2)CC(C)O1. The lowest BCUT2D eigenvalue weighted by Gasteiger charge is -2.39. The minimum absolute atomic E-state index is 0.254. The lowest BCUT2D eigenvalue weighted by atomic mass is 9.96. The van der Waals surface area contributed by atoms with Crippen LogP contribution in [0.15, 0.2) is 0 Å². The van der Waals surface area contributed by atoms with Crippen LogP contribution in [0.2, 0.25) is 0 Å². The monoisotopic (exact) mass is 309 g/mol. The molecular weight excluding hydrogens is 278 g/mol. The Kier molecular flexibility index (Phi) is 5.37. The third kappa shape index (κ3) is 3.81. The molecule has 0 aromatic heterocycles. The topological polar surface area (TPSA) is 44.8 Å². The van der Waals surface area contributed by atoms with Crippen LogP contribution in [0.4, 0.5) is 0 Å². The molecule has 0 bridgehead atoms. The maximum atomic E-state index is 12.8. The summed E-state index contributed by atoms with van der Waals surface area (Å²) in [6, 6.07) is 0.417. The number of ether oxygens (including phenoxy) is 1. The van der Waals surface area contributed by atoms with Gasteiger partial charge in [-0.15, -0.1) is 0 Å². The Balaban J connectivity index is 1.57. The molecule has 3 heterocycles. The van der Waals surface area contributed by atoms with Crippen LogP contribution in [0, 0.1) is 5.92 Å². The molecule has 0 aliphatic carbocycles. The van der Waals surface area contributed by atoms with E-state index in [0.29, 0.717) is 24.2 Å². The van der Waals surface area contributed by atoms with E-state index in [1.54, 1.807) is 0 Å². The van der Waals surface area contributed by atoms with Gasteiger partial charge in [-0.05, 0) is 52.6 Å². The minimum atomic E-state index is 0.254. The number of carbonyl (C=O) groups is 1. The number of morpholine rings is 1. The van der Waals surface area contributed by atoms with E-state index < -0.39 is 0 Å². The van der Waals surface area contributed by atoms with Gasteiger partial charge in [-0.25, -0.2) is 0 Å². The Morgan fingerprint density at radius 1 is 1.14 bits per heavy atom. The van der Waals surface area contributed by atoms with Crippen LogP contribution >= 0.6 is 0 Å². The highest BCUT2D eigenvalue weighted by Gasteiger charge is 2.35. The number of hydrogen-bond donors (Lipinski definition) is 1. The van der Waals surface area contributed by atoms with Crippen molar-refractivity contribution in [2.75, 3.05) is 39.3 Å². The Bertz CT molecular complexity index is 374. The molecule has 3 atom stereocenters. The summed E-state index contributed by atoms with van der Waals surface area (Å²) in [5.74, 6) is 0.669. The molecule has 0 saturated carbocycles. The predicted molar refractivity (Wildman–Crippen MR) is 86.8 cm³/mol. The predicted octanol–water partition coefficient (Wildman–Crippen LogP) is 1.09. The van der Waals surface area contributed by atoms with Crippen molar-refractivity contribution in [2.45, 2.75) is 57.8 Å². The number of hydrogen-bond acceptors (Lipinski definition) is 4. The fourth-order valence-corrected chi connectivity index (χ4v) is 4.35. The molecule has 0 spiro atoms. The molecule has 0 aromatic carbocycles. The van der Waals surface area contributed by atoms with Crippen molar-refractivity contribution in [2.24, 2.45) is 5.92 Å². The highest BCUT2D eigenvalue weighted by atomic mass is 16.5. The number of carbonyl (C=O) groups excluding carboxylic acids is 1. The third-order valence-corrected chi connectivity index (χ3v) is 5.31. The normalized spacial score (nSPS) is 35.0. The lowest BCUT2D eigenvalue weighted by molar-refractivity contribution is -0.138. The van der Waals surface area contributed by atoms with Gasteiger partial charge in [-0.3, -0.25) is 9.69 Å². The second kappa shape index (κ2) is 7.28. The summed E-state index contributed by atoms with van der Waals surface area (Å²) in [4.78, 5) is 17.5. The molecule has 3 fully saturated rings. The standard InChI is InChI=1S/C17H31N3O2/c1-13-10-19(11-14(2)22-13)12-16-4-3-9-20(16)17(21)15-5-7-18-8-6-15/h13-16,18H,3-12H2,1-2H3. The molecule has 5 heteroatoms. The van der Waals surface area contributed by atoms with E-state index in [2.05, 4.69) is 29.0 Å². The van der Waals surface area contributed by atoms with Gasteiger partial charge < -0.3 is 15.0 Å². The Morgan fingerprint density at radius 3 is 2.50 bits per heavy atom. The molecule has 22 heavy (non-hydrogen) atoms. The fourth-order valence-electron chi connectivity index (χ4n) is 4.35. The van der Waals surface area contributed by atoms with Gasteiger partial charge in [0, 0.05) is 38.1 Å².